The summed E-state index contributed by atoms with van der Waals surface area (Å²) >= 11 is 0. The minimum Gasteiger partial charge on any atom is -0.383 e. The van der Waals surface area contributed by atoms with Gasteiger partial charge in [-0.25, -0.2) is 0 Å². The van der Waals surface area contributed by atoms with Gasteiger partial charge < -0.3 is 10.1 Å². The first-order chi connectivity index (χ1) is 10.3. The lowest BCUT2D eigenvalue weighted by atomic mass is 10.2. The van der Waals surface area contributed by atoms with Crippen molar-refractivity contribution in [3.05, 3.63) is 30.0 Å². The van der Waals surface area contributed by atoms with Crippen molar-refractivity contribution in [2.45, 2.75) is 20.0 Å². The van der Waals surface area contributed by atoms with Crippen LogP contribution in [0.4, 0.5) is 0 Å². The van der Waals surface area contributed by atoms with E-state index in [1.54, 1.807) is 7.11 Å². The van der Waals surface area contributed by atoms with Crippen LogP contribution >= 0.6 is 0 Å². The number of benzene rings is 1. The highest BCUT2D eigenvalue weighted by Crippen LogP contribution is 2.19. The molecular formula is C16H26N4O. The van der Waals surface area contributed by atoms with Crippen molar-refractivity contribution in [2.24, 2.45) is 0 Å². The Labute approximate surface area is 126 Å². The van der Waals surface area contributed by atoms with E-state index < -0.39 is 0 Å². The second-order valence-electron chi connectivity index (χ2n) is 5.26. The molecule has 1 aromatic heterocycles. The van der Waals surface area contributed by atoms with Gasteiger partial charge in [-0.1, -0.05) is 18.2 Å². The number of nitrogens with zero attached hydrogens (tertiary/aromatic N) is 3. The number of methoxy groups -OCH3 is 1. The molecule has 0 saturated heterocycles. The summed E-state index contributed by atoms with van der Waals surface area (Å²) in [6.45, 7) is 7.53. The zero-order valence-electron chi connectivity index (χ0n) is 13.3. The third-order valence-electron chi connectivity index (χ3n) is 3.61. The molecule has 0 fully saturated rings. The van der Waals surface area contributed by atoms with Crippen LogP contribution in [0.2, 0.25) is 0 Å². The SMILES string of the molecule is CCn1nc(CN(C)CCNCCOC)c2ccccc21. The van der Waals surface area contributed by atoms with Gasteiger partial charge in [-0.3, -0.25) is 9.58 Å². The van der Waals surface area contributed by atoms with Crippen molar-refractivity contribution in [1.82, 2.24) is 20.0 Å². The fourth-order valence-electron chi connectivity index (χ4n) is 2.46. The van der Waals surface area contributed by atoms with Crippen LogP contribution in [0.25, 0.3) is 10.9 Å². The summed E-state index contributed by atoms with van der Waals surface area (Å²) < 4.78 is 7.10. The number of aryl methyl sites for hydroxylation is 1. The fraction of sp³-hybridized carbons (Fsp3) is 0.562. The zero-order chi connectivity index (χ0) is 15.1. The second-order valence-corrected chi connectivity index (χ2v) is 5.26. The monoisotopic (exact) mass is 290 g/mol. The Morgan fingerprint density at radius 3 is 2.86 bits per heavy atom. The molecule has 0 aliphatic rings. The van der Waals surface area contributed by atoms with E-state index in [0.717, 1.165) is 45.0 Å². The van der Waals surface area contributed by atoms with Crippen LogP contribution in [0.5, 0.6) is 0 Å². The molecule has 1 aromatic carbocycles. The van der Waals surface area contributed by atoms with Gasteiger partial charge in [-0.15, -0.1) is 0 Å². The molecule has 2 rings (SSSR count). The third kappa shape index (κ3) is 4.27. The van der Waals surface area contributed by atoms with E-state index in [0.29, 0.717) is 0 Å². The van der Waals surface area contributed by atoms with Gasteiger partial charge in [0, 0.05) is 45.2 Å². The van der Waals surface area contributed by atoms with Gasteiger partial charge in [0.05, 0.1) is 17.8 Å². The number of hydrogen-bond acceptors (Lipinski definition) is 4. The molecule has 0 aliphatic carbocycles. The molecule has 0 saturated carbocycles. The highest BCUT2D eigenvalue weighted by Gasteiger charge is 2.10. The van der Waals surface area contributed by atoms with Crippen LogP contribution in [0.3, 0.4) is 0 Å². The Hall–Kier alpha value is -1.43. The first kappa shape index (κ1) is 15.9. The maximum absolute atomic E-state index is 5.02. The number of rotatable bonds is 9. The van der Waals surface area contributed by atoms with E-state index in [-0.39, 0.29) is 0 Å². The van der Waals surface area contributed by atoms with Crippen LogP contribution in [0, 0.1) is 0 Å². The molecule has 0 unspecified atom stereocenters. The first-order valence-corrected chi connectivity index (χ1v) is 7.59. The Morgan fingerprint density at radius 1 is 1.29 bits per heavy atom. The number of para-hydroxylation sites is 1. The van der Waals surface area contributed by atoms with E-state index in [4.69, 9.17) is 9.84 Å². The molecule has 0 bridgehead atoms. The van der Waals surface area contributed by atoms with Gasteiger partial charge in [-0.2, -0.15) is 5.10 Å². The number of nitrogens with one attached hydrogen (secondary N) is 1. The maximum Gasteiger partial charge on any atom is 0.0843 e. The molecular weight excluding hydrogens is 264 g/mol. The van der Waals surface area contributed by atoms with Gasteiger partial charge >= 0.3 is 0 Å². The molecule has 5 heteroatoms. The molecule has 0 radical (unpaired) electrons. The van der Waals surface area contributed by atoms with Crippen LogP contribution < -0.4 is 5.32 Å². The number of ether oxygens (including phenoxy) is 1. The predicted molar refractivity (Wildman–Crippen MR) is 86.5 cm³/mol. The highest BCUT2D eigenvalue weighted by atomic mass is 16.5. The number of hydrogen-bond donors (Lipinski definition) is 1. The molecule has 2 aromatic rings. The Kier molecular flexibility index (Phi) is 6.17. The summed E-state index contributed by atoms with van der Waals surface area (Å²) in [5.74, 6) is 0. The van der Waals surface area contributed by atoms with E-state index in [1.807, 2.05) is 0 Å². The highest BCUT2D eigenvalue weighted by molar-refractivity contribution is 5.81. The molecule has 1 N–H and O–H groups in total. The summed E-state index contributed by atoms with van der Waals surface area (Å²) in [6, 6.07) is 8.46. The summed E-state index contributed by atoms with van der Waals surface area (Å²) in [6.07, 6.45) is 0. The summed E-state index contributed by atoms with van der Waals surface area (Å²) in [7, 11) is 3.86. The normalized spacial score (nSPS) is 11.6. The molecule has 1 heterocycles. The van der Waals surface area contributed by atoms with Gasteiger partial charge in [0.15, 0.2) is 0 Å². The molecule has 0 aliphatic heterocycles. The Morgan fingerprint density at radius 2 is 2.10 bits per heavy atom. The quantitative estimate of drug-likeness (QED) is 0.714. The number of likely N-dealkylation sites (N-methyl/N-ethyl adjacent to an activating group) is 1. The van der Waals surface area contributed by atoms with Crippen molar-refractivity contribution < 1.29 is 4.74 Å². The molecule has 5 nitrogen and oxygen atoms in total. The molecule has 116 valence electrons. The average Bonchev–Trinajstić information content (AvgIpc) is 2.85. The zero-order valence-corrected chi connectivity index (χ0v) is 13.3. The van der Waals surface area contributed by atoms with Crippen molar-refractivity contribution in [2.75, 3.05) is 40.4 Å². The Balaban J connectivity index is 1.93. The van der Waals surface area contributed by atoms with Crippen LogP contribution in [0.15, 0.2) is 24.3 Å². The maximum atomic E-state index is 5.02. The summed E-state index contributed by atoms with van der Waals surface area (Å²) in [5.41, 5.74) is 2.38. The average molecular weight is 290 g/mol. The number of fused-ring (bicyclic) bond motifs is 1. The van der Waals surface area contributed by atoms with E-state index >= 15 is 0 Å². The largest absolute Gasteiger partial charge is 0.383 e. The van der Waals surface area contributed by atoms with Crippen molar-refractivity contribution >= 4 is 10.9 Å². The predicted octanol–water partition coefficient (Wildman–Crippen LogP) is 1.72. The van der Waals surface area contributed by atoms with E-state index in [9.17, 15) is 0 Å². The Bertz CT molecular complexity index is 552. The van der Waals surface area contributed by atoms with Crippen LogP contribution in [-0.2, 0) is 17.8 Å². The lowest BCUT2D eigenvalue weighted by Gasteiger charge is -2.15. The van der Waals surface area contributed by atoms with Gasteiger partial charge in [-0.05, 0) is 20.0 Å². The lowest BCUT2D eigenvalue weighted by molar-refractivity contribution is 0.197. The van der Waals surface area contributed by atoms with Gasteiger partial charge in [0.25, 0.3) is 0 Å². The minimum absolute atomic E-state index is 0.759. The summed E-state index contributed by atoms with van der Waals surface area (Å²) in [5, 5.41) is 9.37. The van der Waals surface area contributed by atoms with Gasteiger partial charge in [0.2, 0.25) is 0 Å². The topological polar surface area (TPSA) is 42.3 Å². The molecule has 0 amide bonds. The second kappa shape index (κ2) is 8.12. The van der Waals surface area contributed by atoms with Gasteiger partial charge in [0.1, 0.15) is 0 Å². The molecule has 0 spiro atoms. The third-order valence-corrected chi connectivity index (χ3v) is 3.61. The van der Waals surface area contributed by atoms with Crippen molar-refractivity contribution in [1.29, 1.82) is 0 Å². The van der Waals surface area contributed by atoms with Crippen molar-refractivity contribution in [3.63, 3.8) is 0 Å². The lowest BCUT2D eigenvalue weighted by Crippen LogP contribution is -2.30. The summed E-state index contributed by atoms with van der Waals surface area (Å²) in [4.78, 5) is 2.30. The van der Waals surface area contributed by atoms with E-state index in [1.165, 1.54) is 10.9 Å². The van der Waals surface area contributed by atoms with Crippen LogP contribution in [0.1, 0.15) is 12.6 Å². The number of aromatic nitrogens is 2. The minimum atomic E-state index is 0.759. The molecule has 21 heavy (non-hydrogen) atoms. The smallest absolute Gasteiger partial charge is 0.0843 e. The standard InChI is InChI=1S/C16H26N4O/c1-4-20-16-8-6-5-7-14(16)15(18-20)13-19(2)11-9-17-10-12-21-3/h5-8,17H,4,9-13H2,1-3H3. The van der Waals surface area contributed by atoms with E-state index in [2.05, 4.69) is 53.1 Å². The first-order valence-electron chi connectivity index (χ1n) is 7.59. The van der Waals surface area contributed by atoms with Crippen molar-refractivity contribution in [3.8, 4) is 0 Å². The molecule has 0 atom stereocenters. The van der Waals surface area contributed by atoms with Crippen LogP contribution in [-0.4, -0.2) is 55.1 Å². The fourth-order valence-corrected chi connectivity index (χ4v) is 2.46.